The van der Waals surface area contributed by atoms with E-state index in [1.165, 1.54) is 5.56 Å². The molecule has 3 nitrogen and oxygen atoms in total. The minimum Gasteiger partial charge on any atom is -0.369 e. The monoisotopic (exact) mass is 167 g/mol. The van der Waals surface area contributed by atoms with Crippen LogP contribution in [0.3, 0.4) is 0 Å². The van der Waals surface area contributed by atoms with Crippen LogP contribution >= 0.6 is 0 Å². The van der Waals surface area contributed by atoms with Crippen molar-refractivity contribution in [2.24, 2.45) is 0 Å². The molecular formula is C9H13NO2. The Balaban J connectivity index is 2.16. The zero-order chi connectivity index (χ0) is 8.65. The Morgan fingerprint density at radius 1 is 1.25 bits per heavy atom. The molecule has 0 aliphatic carbocycles. The van der Waals surface area contributed by atoms with Crippen LogP contribution in [0.1, 0.15) is 5.56 Å². The van der Waals surface area contributed by atoms with Crippen molar-refractivity contribution in [2.75, 3.05) is 13.3 Å². The van der Waals surface area contributed by atoms with Crippen molar-refractivity contribution in [2.45, 2.75) is 6.42 Å². The second-order valence-corrected chi connectivity index (χ2v) is 2.40. The van der Waals surface area contributed by atoms with Crippen molar-refractivity contribution in [3.8, 4) is 0 Å². The SMILES string of the molecule is OCONCCc1ccccc1. The van der Waals surface area contributed by atoms with E-state index in [0.717, 1.165) is 6.42 Å². The molecule has 0 aromatic heterocycles. The lowest BCUT2D eigenvalue weighted by molar-refractivity contribution is -0.0602. The number of hydrogen-bond acceptors (Lipinski definition) is 3. The van der Waals surface area contributed by atoms with Crippen LogP contribution in [0.15, 0.2) is 30.3 Å². The Labute approximate surface area is 71.9 Å². The van der Waals surface area contributed by atoms with Gasteiger partial charge in [0.2, 0.25) is 0 Å². The standard InChI is InChI=1S/C9H13NO2/c11-8-12-10-7-6-9-4-2-1-3-5-9/h1-5,10-11H,6-8H2. The summed E-state index contributed by atoms with van der Waals surface area (Å²) in [5, 5.41) is 8.28. The van der Waals surface area contributed by atoms with Crippen LogP contribution < -0.4 is 5.48 Å². The molecule has 0 atom stereocenters. The maximum Gasteiger partial charge on any atom is 0.163 e. The van der Waals surface area contributed by atoms with E-state index in [1.54, 1.807) is 0 Å². The minimum atomic E-state index is -0.283. The van der Waals surface area contributed by atoms with Gasteiger partial charge in [0.1, 0.15) is 0 Å². The van der Waals surface area contributed by atoms with Gasteiger partial charge in [0.05, 0.1) is 0 Å². The van der Waals surface area contributed by atoms with E-state index >= 15 is 0 Å². The third kappa shape index (κ3) is 3.48. The molecule has 1 aromatic carbocycles. The van der Waals surface area contributed by atoms with Gasteiger partial charge in [0, 0.05) is 6.54 Å². The van der Waals surface area contributed by atoms with E-state index in [0.29, 0.717) is 6.54 Å². The van der Waals surface area contributed by atoms with Gasteiger partial charge in [-0.15, -0.1) is 0 Å². The molecule has 3 heteroatoms. The van der Waals surface area contributed by atoms with Crippen LogP contribution in [0, 0.1) is 0 Å². The van der Waals surface area contributed by atoms with Crippen LogP contribution in [0.25, 0.3) is 0 Å². The average Bonchev–Trinajstić information content (AvgIpc) is 2.14. The molecule has 0 saturated heterocycles. The number of hydrogen-bond donors (Lipinski definition) is 2. The van der Waals surface area contributed by atoms with Gasteiger partial charge in [-0.2, -0.15) is 5.48 Å². The molecule has 0 bridgehead atoms. The summed E-state index contributed by atoms with van der Waals surface area (Å²) in [7, 11) is 0. The molecule has 0 spiro atoms. The third-order valence-corrected chi connectivity index (χ3v) is 1.53. The lowest BCUT2D eigenvalue weighted by atomic mass is 10.2. The summed E-state index contributed by atoms with van der Waals surface area (Å²) in [5.41, 5.74) is 3.89. The molecule has 0 heterocycles. The van der Waals surface area contributed by atoms with E-state index in [2.05, 4.69) is 22.5 Å². The average molecular weight is 167 g/mol. The summed E-state index contributed by atoms with van der Waals surface area (Å²) >= 11 is 0. The molecule has 0 fully saturated rings. The third-order valence-electron chi connectivity index (χ3n) is 1.53. The van der Waals surface area contributed by atoms with Crippen molar-refractivity contribution in [1.82, 2.24) is 5.48 Å². The molecule has 0 saturated carbocycles. The first kappa shape index (κ1) is 9.19. The van der Waals surface area contributed by atoms with Crippen LogP contribution in [0.5, 0.6) is 0 Å². The number of rotatable bonds is 5. The highest BCUT2D eigenvalue weighted by Crippen LogP contribution is 1.97. The van der Waals surface area contributed by atoms with E-state index < -0.39 is 0 Å². The van der Waals surface area contributed by atoms with Crippen molar-refractivity contribution in [3.05, 3.63) is 35.9 Å². The molecule has 1 rings (SSSR count). The van der Waals surface area contributed by atoms with Gasteiger partial charge in [0.25, 0.3) is 0 Å². The number of aliphatic hydroxyl groups is 1. The van der Waals surface area contributed by atoms with E-state index in [1.807, 2.05) is 18.2 Å². The summed E-state index contributed by atoms with van der Waals surface area (Å²) in [6.07, 6.45) is 0.904. The Morgan fingerprint density at radius 3 is 2.67 bits per heavy atom. The number of nitrogens with one attached hydrogen (secondary N) is 1. The molecule has 0 aliphatic heterocycles. The summed E-state index contributed by atoms with van der Waals surface area (Å²) in [5.74, 6) is 0. The van der Waals surface area contributed by atoms with Crippen LogP contribution in [0.2, 0.25) is 0 Å². The van der Waals surface area contributed by atoms with Gasteiger partial charge in [0.15, 0.2) is 6.79 Å². The summed E-state index contributed by atoms with van der Waals surface area (Å²) in [6.45, 7) is 0.430. The molecule has 66 valence electrons. The maximum absolute atomic E-state index is 8.28. The van der Waals surface area contributed by atoms with E-state index in [4.69, 9.17) is 5.11 Å². The maximum atomic E-state index is 8.28. The van der Waals surface area contributed by atoms with Crippen molar-refractivity contribution in [3.63, 3.8) is 0 Å². The quantitative estimate of drug-likeness (QED) is 0.385. The molecule has 1 aromatic rings. The largest absolute Gasteiger partial charge is 0.369 e. The normalized spacial score (nSPS) is 10.1. The lowest BCUT2D eigenvalue weighted by Gasteiger charge is -2.02. The molecule has 0 unspecified atom stereocenters. The van der Waals surface area contributed by atoms with Gasteiger partial charge in [-0.05, 0) is 12.0 Å². The lowest BCUT2D eigenvalue weighted by Crippen LogP contribution is -2.18. The smallest absolute Gasteiger partial charge is 0.163 e. The van der Waals surface area contributed by atoms with Crippen molar-refractivity contribution < 1.29 is 9.94 Å². The molecule has 0 aliphatic rings. The first-order valence-electron chi connectivity index (χ1n) is 3.93. The minimum absolute atomic E-state index is 0.283. The van der Waals surface area contributed by atoms with E-state index in [9.17, 15) is 0 Å². The number of hydroxylamine groups is 1. The second kappa shape index (κ2) is 5.71. The molecule has 2 N–H and O–H groups in total. The highest BCUT2D eigenvalue weighted by atomic mass is 16.7. The fraction of sp³-hybridized carbons (Fsp3) is 0.333. The van der Waals surface area contributed by atoms with Crippen LogP contribution in [-0.4, -0.2) is 18.4 Å². The highest BCUT2D eigenvalue weighted by molar-refractivity contribution is 5.14. The van der Waals surface area contributed by atoms with Gasteiger partial charge >= 0.3 is 0 Å². The predicted octanol–water partition coefficient (Wildman–Crippen LogP) is 0.700. The highest BCUT2D eigenvalue weighted by Gasteiger charge is 1.89. The van der Waals surface area contributed by atoms with Gasteiger partial charge in [-0.3, -0.25) is 4.84 Å². The summed E-state index contributed by atoms with van der Waals surface area (Å²) in [4.78, 5) is 4.56. The Bertz CT molecular complexity index is 201. The van der Waals surface area contributed by atoms with E-state index in [-0.39, 0.29) is 6.79 Å². The first-order valence-corrected chi connectivity index (χ1v) is 3.93. The van der Waals surface area contributed by atoms with Crippen LogP contribution in [-0.2, 0) is 11.3 Å². The summed E-state index contributed by atoms with van der Waals surface area (Å²) < 4.78 is 0. The van der Waals surface area contributed by atoms with Gasteiger partial charge < -0.3 is 5.11 Å². The Morgan fingerprint density at radius 2 is 2.00 bits per heavy atom. The second-order valence-electron chi connectivity index (χ2n) is 2.40. The summed E-state index contributed by atoms with van der Waals surface area (Å²) in [6, 6.07) is 10.1. The molecular weight excluding hydrogens is 154 g/mol. The molecule has 0 amide bonds. The fourth-order valence-electron chi connectivity index (χ4n) is 0.958. The Hall–Kier alpha value is -0.900. The zero-order valence-corrected chi connectivity index (χ0v) is 6.86. The van der Waals surface area contributed by atoms with Crippen molar-refractivity contribution >= 4 is 0 Å². The number of benzene rings is 1. The zero-order valence-electron chi connectivity index (χ0n) is 6.86. The van der Waals surface area contributed by atoms with Gasteiger partial charge in [-0.25, -0.2) is 0 Å². The molecule has 12 heavy (non-hydrogen) atoms. The first-order chi connectivity index (χ1) is 5.93. The van der Waals surface area contributed by atoms with Gasteiger partial charge in [-0.1, -0.05) is 30.3 Å². The van der Waals surface area contributed by atoms with Crippen molar-refractivity contribution in [1.29, 1.82) is 0 Å². The molecule has 0 radical (unpaired) electrons. The number of aliphatic hydroxyl groups excluding tert-OH is 1. The topological polar surface area (TPSA) is 41.5 Å². The predicted molar refractivity (Wildman–Crippen MR) is 46.3 cm³/mol. The fourth-order valence-corrected chi connectivity index (χ4v) is 0.958. The Kier molecular flexibility index (Phi) is 4.37. The van der Waals surface area contributed by atoms with Crippen LogP contribution in [0.4, 0.5) is 0 Å².